The summed E-state index contributed by atoms with van der Waals surface area (Å²) in [6, 6.07) is 6.90. The molecule has 21 heavy (non-hydrogen) atoms. The Hall–Kier alpha value is -1.46. The van der Waals surface area contributed by atoms with Crippen molar-refractivity contribution in [1.82, 2.24) is 10.3 Å². The van der Waals surface area contributed by atoms with Crippen LogP contribution in [0.15, 0.2) is 24.3 Å². The standard InChI is InChI=1S/C16H20FN3S/c1-3-20(13-7-5-4-6-12(13)17)16-19-15(11-8-9-11)14(21-16)10-18-2/h4-7,11,18H,3,8-10H2,1-2H3. The van der Waals surface area contributed by atoms with Crippen molar-refractivity contribution in [3.8, 4) is 0 Å². The summed E-state index contributed by atoms with van der Waals surface area (Å²) in [5.41, 5.74) is 1.81. The molecular weight excluding hydrogens is 285 g/mol. The van der Waals surface area contributed by atoms with Crippen molar-refractivity contribution < 1.29 is 4.39 Å². The third kappa shape index (κ3) is 2.94. The minimum Gasteiger partial charge on any atom is -0.315 e. The highest BCUT2D eigenvalue weighted by Gasteiger charge is 2.30. The molecule has 1 fully saturated rings. The Morgan fingerprint density at radius 1 is 1.38 bits per heavy atom. The monoisotopic (exact) mass is 305 g/mol. The second-order valence-electron chi connectivity index (χ2n) is 5.31. The molecule has 1 aromatic carbocycles. The van der Waals surface area contributed by atoms with Gasteiger partial charge < -0.3 is 10.2 Å². The number of nitrogens with zero attached hydrogens (tertiary/aromatic N) is 2. The van der Waals surface area contributed by atoms with Gasteiger partial charge >= 0.3 is 0 Å². The molecule has 112 valence electrons. The smallest absolute Gasteiger partial charge is 0.190 e. The predicted octanol–water partition coefficient (Wildman–Crippen LogP) is 4.04. The number of nitrogens with one attached hydrogen (secondary N) is 1. The van der Waals surface area contributed by atoms with Gasteiger partial charge in [0.1, 0.15) is 5.82 Å². The Bertz CT molecular complexity index is 622. The van der Waals surface area contributed by atoms with Crippen LogP contribution in [0.25, 0.3) is 0 Å². The van der Waals surface area contributed by atoms with Gasteiger partial charge in [0.15, 0.2) is 5.13 Å². The molecule has 0 radical (unpaired) electrons. The van der Waals surface area contributed by atoms with Gasteiger partial charge in [0.05, 0.1) is 11.4 Å². The average molecular weight is 305 g/mol. The molecule has 0 saturated heterocycles. The quantitative estimate of drug-likeness (QED) is 0.873. The fourth-order valence-corrected chi connectivity index (χ4v) is 3.74. The molecule has 5 heteroatoms. The molecular formula is C16H20FN3S. The molecule has 0 amide bonds. The number of halogens is 1. The maximum Gasteiger partial charge on any atom is 0.190 e. The van der Waals surface area contributed by atoms with Crippen LogP contribution in [0.5, 0.6) is 0 Å². The van der Waals surface area contributed by atoms with E-state index in [4.69, 9.17) is 4.98 Å². The highest BCUT2D eigenvalue weighted by atomic mass is 32.1. The molecule has 1 N–H and O–H groups in total. The van der Waals surface area contributed by atoms with E-state index in [1.54, 1.807) is 17.4 Å². The molecule has 0 unspecified atom stereocenters. The summed E-state index contributed by atoms with van der Waals surface area (Å²) in [4.78, 5) is 8.06. The van der Waals surface area contributed by atoms with Crippen LogP contribution in [-0.4, -0.2) is 18.6 Å². The van der Waals surface area contributed by atoms with Gasteiger partial charge in [-0.3, -0.25) is 0 Å². The van der Waals surface area contributed by atoms with Gasteiger partial charge in [-0.25, -0.2) is 9.37 Å². The number of hydrogen-bond donors (Lipinski definition) is 1. The van der Waals surface area contributed by atoms with Crippen LogP contribution in [0.4, 0.5) is 15.2 Å². The summed E-state index contributed by atoms with van der Waals surface area (Å²) in [7, 11) is 1.95. The van der Waals surface area contributed by atoms with E-state index in [1.165, 1.54) is 29.5 Å². The number of anilines is 2. The van der Waals surface area contributed by atoms with Crippen LogP contribution in [0.2, 0.25) is 0 Å². The van der Waals surface area contributed by atoms with Gasteiger partial charge in [-0.15, -0.1) is 0 Å². The van der Waals surface area contributed by atoms with Crippen LogP contribution >= 0.6 is 11.3 Å². The molecule has 0 bridgehead atoms. The van der Waals surface area contributed by atoms with E-state index in [-0.39, 0.29) is 5.82 Å². The van der Waals surface area contributed by atoms with Crippen molar-refractivity contribution in [2.75, 3.05) is 18.5 Å². The van der Waals surface area contributed by atoms with E-state index in [9.17, 15) is 4.39 Å². The summed E-state index contributed by atoms with van der Waals surface area (Å²) in [6.45, 7) is 3.57. The summed E-state index contributed by atoms with van der Waals surface area (Å²) < 4.78 is 14.1. The third-order valence-corrected chi connectivity index (χ3v) is 4.80. The third-order valence-electron chi connectivity index (χ3n) is 3.71. The molecule has 1 heterocycles. The van der Waals surface area contributed by atoms with E-state index in [1.807, 2.05) is 31.0 Å². The Balaban J connectivity index is 1.97. The molecule has 0 atom stereocenters. The van der Waals surface area contributed by atoms with Gasteiger partial charge in [0, 0.05) is 23.9 Å². The second kappa shape index (κ2) is 6.12. The van der Waals surface area contributed by atoms with Crippen molar-refractivity contribution in [1.29, 1.82) is 0 Å². The Labute approximate surface area is 128 Å². The molecule has 0 spiro atoms. The lowest BCUT2D eigenvalue weighted by atomic mass is 10.2. The molecule has 1 aliphatic carbocycles. The fourth-order valence-electron chi connectivity index (χ4n) is 2.51. The summed E-state index contributed by atoms with van der Waals surface area (Å²) in [5, 5.41) is 4.10. The van der Waals surface area contributed by atoms with E-state index in [0.717, 1.165) is 11.7 Å². The zero-order valence-corrected chi connectivity index (χ0v) is 13.2. The van der Waals surface area contributed by atoms with Gasteiger partial charge in [0.25, 0.3) is 0 Å². The zero-order valence-electron chi connectivity index (χ0n) is 12.4. The number of aromatic nitrogens is 1. The topological polar surface area (TPSA) is 28.2 Å². The first kappa shape index (κ1) is 14.5. The Morgan fingerprint density at radius 3 is 2.76 bits per heavy atom. The first-order valence-corrected chi connectivity index (χ1v) is 8.22. The summed E-state index contributed by atoms with van der Waals surface area (Å²) >= 11 is 1.67. The van der Waals surface area contributed by atoms with Gasteiger partial charge in [-0.2, -0.15) is 0 Å². The van der Waals surface area contributed by atoms with Crippen molar-refractivity contribution >= 4 is 22.2 Å². The van der Waals surface area contributed by atoms with Crippen LogP contribution in [0.3, 0.4) is 0 Å². The number of benzene rings is 1. The SMILES string of the molecule is CCN(c1nc(C2CC2)c(CNC)s1)c1ccccc1F. The minimum atomic E-state index is -0.197. The Morgan fingerprint density at radius 2 is 2.14 bits per heavy atom. The van der Waals surface area contributed by atoms with Crippen LogP contribution in [0, 0.1) is 5.82 Å². The lowest BCUT2D eigenvalue weighted by Gasteiger charge is -2.20. The van der Waals surface area contributed by atoms with E-state index in [0.29, 0.717) is 18.2 Å². The van der Waals surface area contributed by atoms with Crippen molar-refractivity contribution in [3.63, 3.8) is 0 Å². The molecule has 0 aliphatic heterocycles. The highest BCUT2D eigenvalue weighted by Crippen LogP contribution is 2.45. The maximum absolute atomic E-state index is 14.1. The zero-order chi connectivity index (χ0) is 14.8. The number of thiazole rings is 1. The van der Waals surface area contributed by atoms with E-state index in [2.05, 4.69) is 5.32 Å². The maximum atomic E-state index is 14.1. The van der Waals surface area contributed by atoms with E-state index >= 15 is 0 Å². The fraction of sp³-hybridized carbons (Fsp3) is 0.438. The van der Waals surface area contributed by atoms with Crippen LogP contribution in [-0.2, 0) is 6.54 Å². The van der Waals surface area contributed by atoms with Gasteiger partial charge in [-0.1, -0.05) is 23.5 Å². The predicted molar refractivity (Wildman–Crippen MR) is 85.9 cm³/mol. The number of rotatable bonds is 6. The highest BCUT2D eigenvalue weighted by molar-refractivity contribution is 7.15. The average Bonchev–Trinajstić information content (AvgIpc) is 3.25. The van der Waals surface area contributed by atoms with Gasteiger partial charge in [-0.05, 0) is 38.9 Å². The molecule has 2 aromatic rings. The second-order valence-corrected chi connectivity index (χ2v) is 6.37. The summed E-state index contributed by atoms with van der Waals surface area (Å²) in [5.74, 6) is 0.412. The number of hydrogen-bond acceptors (Lipinski definition) is 4. The normalized spacial score (nSPS) is 14.4. The van der Waals surface area contributed by atoms with Crippen molar-refractivity contribution in [2.45, 2.75) is 32.2 Å². The molecule has 3 rings (SSSR count). The first-order valence-electron chi connectivity index (χ1n) is 7.40. The number of para-hydroxylation sites is 1. The van der Waals surface area contributed by atoms with Crippen molar-refractivity contribution in [3.05, 3.63) is 40.7 Å². The molecule has 1 saturated carbocycles. The van der Waals surface area contributed by atoms with Crippen molar-refractivity contribution in [2.24, 2.45) is 0 Å². The van der Waals surface area contributed by atoms with E-state index < -0.39 is 0 Å². The first-order chi connectivity index (χ1) is 10.2. The molecule has 3 nitrogen and oxygen atoms in total. The molecule has 1 aromatic heterocycles. The molecule has 1 aliphatic rings. The van der Waals surface area contributed by atoms with Crippen LogP contribution in [0.1, 0.15) is 36.3 Å². The summed E-state index contributed by atoms with van der Waals surface area (Å²) in [6.07, 6.45) is 2.46. The van der Waals surface area contributed by atoms with Crippen LogP contribution < -0.4 is 10.2 Å². The Kier molecular flexibility index (Phi) is 4.22. The lowest BCUT2D eigenvalue weighted by molar-refractivity contribution is 0.625. The minimum absolute atomic E-state index is 0.197. The van der Waals surface area contributed by atoms with Gasteiger partial charge in [0.2, 0.25) is 0 Å². The lowest BCUT2D eigenvalue weighted by Crippen LogP contribution is -2.17. The largest absolute Gasteiger partial charge is 0.315 e.